The van der Waals surface area contributed by atoms with E-state index in [0.717, 1.165) is 50.7 Å². The van der Waals surface area contributed by atoms with Crippen LogP contribution in [0, 0.1) is 6.92 Å². The number of aromatic nitrogens is 8. The molecule has 5 heterocycles. The summed E-state index contributed by atoms with van der Waals surface area (Å²) in [7, 11) is 0. The second kappa shape index (κ2) is 9.35. The second-order valence-corrected chi connectivity index (χ2v) is 10.6. The molecule has 0 atom stereocenters. The number of thiophene rings is 1. The number of para-hydroxylation sites is 3. The maximum atomic E-state index is 5.04. The molecule has 196 valence electrons. The van der Waals surface area contributed by atoms with Crippen LogP contribution in [0.2, 0.25) is 0 Å². The highest BCUT2D eigenvalue weighted by Crippen LogP contribution is 2.36. The fraction of sp³-hybridized carbons (Fsp3) is 0.0312. The van der Waals surface area contributed by atoms with Crippen molar-refractivity contribution < 1.29 is 0 Å². The summed E-state index contributed by atoms with van der Waals surface area (Å²) in [5.74, 6) is 1.41. The molecule has 8 nitrogen and oxygen atoms in total. The molecule has 0 radical (unpaired) electrons. The highest BCUT2D eigenvalue weighted by molar-refractivity contribution is 7.13. The zero-order valence-electron chi connectivity index (χ0n) is 22.0. The van der Waals surface area contributed by atoms with Gasteiger partial charge in [0, 0.05) is 10.4 Å². The van der Waals surface area contributed by atoms with Crippen LogP contribution in [0.1, 0.15) is 5.69 Å². The molecule has 0 aliphatic heterocycles. The van der Waals surface area contributed by atoms with Gasteiger partial charge < -0.3 is 0 Å². The van der Waals surface area contributed by atoms with Crippen LogP contribution in [0.25, 0.3) is 61.3 Å². The Bertz CT molecular complexity index is 2140. The lowest BCUT2D eigenvalue weighted by Crippen LogP contribution is -2.08. The molecule has 0 aliphatic carbocycles. The van der Waals surface area contributed by atoms with E-state index in [1.807, 2.05) is 60.1 Å². The van der Waals surface area contributed by atoms with Gasteiger partial charge >= 0.3 is 0 Å². The lowest BCUT2D eigenvalue weighted by atomic mass is 10.0. The predicted molar refractivity (Wildman–Crippen MR) is 161 cm³/mol. The number of aryl methyl sites for hydroxylation is 1. The molecule has 41 heavy (non-hydrogen) atoms. The number of hydrogen-bond donors (Lipinski definition) is 0. The first-order valence-electron chi connectivity index (χ1n) is 13.2. The monoisotopic (exact) mass is 550 g/mol. The van der Waals surface area contributed by atoms with Crippen LogP contribution in [0.4, 0.5) is 0 Å². The summed E-state index contributed by atoms with van der Waals surface area (Å²) >= 11 is 1.73. The van der Waals surface area contributed by atoms with Gasteiger partial charge in [0.1, 0.15) is 12.7 Å². The molecule has 0 spiro atoms. The van der Waals surface area contributed by atoms with E-state index in [1.54, 1.807) is 22.3 Å². The molecule has 5 aromatic heterocycles. The highest BCUT2D eigenvalue weighted by atomic mass is 32.1. The van der Waals surface area contributed by atoms with E-state index in [2.05, 4.69) is 68.4 Å². The smallest absolute Gasteiger partial charge is 0.235 e. The number of benzene rings is 3. The van der Waals surface area contributed by atoms with E-state index in [9.17, 15) is 0 Å². The van der Waals surface area contributed by atoms with Gasteiger partial charge in [-0.25, -0.2) is 24.3 Å². The molecule has 0 unspecified atom stereocenters. The van der Waals surface area contributed by atoms with Gasteiger partial charge in [0.2, 0.25) is 5.78 Å². The highest BCUT2D eigenvalue weighted by Gasteiger charge is 2.25. The molecule has 3 aromatic carbocycles. The maximum absolute atomic E-state index is 5.04. The third kappa shape index (κ3) is 3.86. The first-order valence-corrected chi connectivity index (χ1v) is 14.1. The molecule has 0 saturated carbocycles. The minimum atomic E-state index is 0.623. The largest absolute Gasteiger partial charge is 0.276 e. The van der Waals surface area contributed by atoms with Crippen molar-refractivity contribution in [3.8, 4) is 44.5 Å². The molecule has 0 bridgehead atoms. The van der Waals surface area contributed by atoms with Crippen LogP contribution >= 0.6 is 11.3 Å². The van der Waals surface area contributed by atoms with Gasteiger partial charge in [-0.15, -0.1) is 11.3 Å². The lowest BCUT2D eigenvalue weighted by molar-refractivity contribution is 0.760. The van der Waals surface area contributed by atoms with Crippen LogP contribution in [0.15, 0.2) is 115 Å². The summed E-state index contributed by atoms with van der Waals surface area (Å²) in [5, 5.41) is 11.6. The molecular weight excluding hydrogens is 528 g/mol. The second-order valence-electron chi connectivity index (χ2n) is 9.69. The van der Waals surface area contributed by atoms with Crippen molar-refractivity contribution in [1.29, 1.82) is 0 Å². The standard InChI is InChI=1S/C32H22N8S/c1-21-30(31(38-20-33-19-34-38)40(37-21)24-8-3-2-4-9-24)28-18-26(22-13-15-23(16-14-22)29-12-7-17-41-29)36-32-35-25-10-5-6-11-27(25)39(28)32/h2-20H,1H3. The molecular formula is C32H22N8S. The average Bonchev–Trinajstić information content (AvgIpc) is 3.83. The van der Waals surface area contributed by atoms with Crippen molar-refractivity contribution in [2.45, 2.75) is 6.92 Å². The van der Waals surface area contributed by atoms with E-state index in [4.69, 9.17) is 15.1 Å². The van der Waals surface area contributed by atoms with E-state index < -0.39 is 0 Å². The van der Waals surface area contributed by atoms with E-state index in [1.165, 1.54) is 16.8 Å². The van der Waals surface area contributed by atoms with E-state index >= 15 is 0 Å². The Morgan fingerprint density at radius 1 is 0.780 bits per heavy atom. The predicted octanol–water partition coefficient (Wildman–Crippen LogP) is 7.02. The SMILES string of the molecule is Cc1nn(-c2ccccc2)c(-n2cncn2)c1-c1cc(-c2ccc(-c3cccs3)cc2)nc2nc3ccccc3n12. The fourth-order valence-corrected chi connectivity index (χ4v) is 6.07. The molecule has 0 aliphatic rings. The van der Waals surface area contributed by atoms with Gasteiger partial charge in [0.05, 0.1) is 39.4 Å². The number of fused-ring (bicyclic) bond motifs is 3. The Kier molecular flexibility index (Phi) is 5.36. The topological polar surface area (TPSA) is 78.7 Å². The number of rotatable bonds is 5. The van der Waals surface area contributed by atoms with Crippen molar-refractivity contribution in [2.24, 2.45) is 0 Å². The van der Waals surface area contributed by atoms with Crippen molar-refractivity contribution in [1.82, 2.24) is 38.9 Å². The maximum Gasteiger partial charge on any atom is 0.235 e. The van der Waals surface area contributed by atoms with Gasteiger partial charge in [-0.3, -0.25) is 4.40 Å². The summed E-state index contributed by atoms with van der Waals surface area (Å²) in [6.07, 6.45) is 3.24. The van der Waals surface area contributed by atoms with Crippen LogP contribution in [-0.2, 0) is 0 Å². The number of nitrogens with zero attached hydrogens (tertiary/aromatic N) is 8. The van der Waals surface area contributed by atoms with Gasteiger partial charge in [-0.05, 0) is 54.3 Å². The molecule has 0 N–H and O–H groups in total. The molecule has 9 heteroatoms. The minimum Gasteiger partial charge on any atom is -0.276 e. The quantitative estimate of drug-likeness (QED) is 0.230. The number of imidazole rings is 1. The summed E-state index contributed by atoms with van der Waals surface area (Å²) in [4.78, 5) is 15.5. The van der Waals surface area contributed by atoms with Gasteiger partial charge in [-0.2, -0.15) is 10.2 Å². The van der Waals surface area contributed by atoms with Crippen LogP contribution in [0.5, 0.6) is 0 Å². The van der Waals surface area contributed by atoms with Crippen molar-refractivity contribution >= 4 is 28.1 Å². The Hall–Kier alpha value is -5.41. The molecule has 8 aromatic rings. The zero-order chi connectivity index (χ0) is 27.3. The van der Waals surface area contributed by atoms with Crippen LogP contribution in [-0.4, -0.2) is 38.9 Å². The molecule has 8 rings (SSSR count). The Balaban J connectivity index is 1.42. The van der Waals surface area contributed by atoms with Gasteiger partial charge in [0.25, 0.3) is 0 Å². The summed E-state index contributed by atoms with van der Waals surface area (Å²) in [6.45, 7) is 2.02. The summed E-state index contributed by atoms with van der Waals surface area (Å²) < 4.78 is 5.79. The van der Waals surface area contributed by atoms with E-state index in [-0.39, 0.29) is 0 Å². The van der Waals surface area contributed by atoms with Crippen molar-refractivity contribution in [3.63, 3.8) is 0 Å². The zero-order valence-corrected chi connectivity index (χ0v) is 22.8. The average molecular weight is 551 g/mol. The van der Waals surface area contributed by atoms with Crippen molar-refractivity contribution in [2.75, 3.05) is 0 Å². The summed E-state index contributed by atoms with van der Waals surface area (Å²) in [6, 6.07) is 33.1. The van der Waals surface area contributed by atoms with E-state index in [0.29, 0.717) is 5.78 Å². The third-order valence-electron chi connectivity index (χ3n) is 7.19. The molecule has 0 fully saturated rings. The Morgan fingerprint density at radius 3 is 2.37 bits per heavy atom. The van der Waals surface area contributed by atoms with Gasteiger partial charge in [-0.1, -0.05) is 60.7 Å². The Labute approximate surface area is 238 Å². The third-order valence-corrected chi connectivity index (χ3v) is 8.11. The van der Waals surface area contributed by atoms with Crippen molar-refractivity contribution in [3.05, 3.63) is 121 Å². The molecule has 0 saturated heterocycles. The minimum absolute atomic E-state index is 0.623. The normalized spacial score (nSPS) is 11.5. The Morgan fingerprint density at radius 2 is 1.59 bits per heavy atom. The fourth-order valence-electron chi connectivity index (χ4n) is 5.33. The van der Waals surface area contributed by atoms with Gasteiger partial charge in [0.15, 0.2) is 5.82 Å². The lowest BCUT2D eigenvalue weighted by Gasteiger charge is -2.13. The number of hydrogen-bond acceptors (Lipinski definition) is 6. The van der Waals surface area contributed by atoms with Crippen LogP contribution < -0.4 is 0 Å². The summed E-state index contributed by atoms with van der Waals surface area (Å²) in [5.41, 5.74) is 8.50. The van der Waals surface area contributed by atoms with Crippen LogP contribution in [0.3, 0.4) is 0 Å². The molecule has 0 amide bonds. The first kappa shape index (κ1) is 23.5. The first-order chi connectivity index (χ1) is 20.2.